The molecule has 0 amide bonds. The summed E-state index contributed by atoms with van der Waals surface area (Å²) in [4.78, 5) is 0. The quantitative estimate of drug-likeness (QED) is 0.793. The largest absolute Gasteiger partial charge is 0.320 e. The summed E-state index contributed by atoms with van der Waals surface area (Å²) >= 11 is 12.9. The molecule has 2 N–H and O–H groups in total. The summed E-state index contributed by atoms with van der Waals surface area (Å²) in [6, 6.07) is 13.4. The van der Waals surface area contributed by atoms with Crippen molar-refractivity contribution >= 4 is 43.5 Å². The van der Waals surface area contributed by atoms with Gasteiger partial charge < -0.3 is 5.73 Å². The molecule has 0 fully saturated rings. The van der Waals surface area contributed by atoms with E-state index in [2.05, 4.69) is 31.9 Å². The number of benzene rings is 2. The first-order valence-electron chi connectivity index (χ1n) is 5.04. The highest BCUT2D eigenvalue weighted by molar-refractivity contribution is 9.11. The minimum absolute atomic E-state index is 0.194. The van der Waals surface area contributed by atoms with E-state index in [9.17, 15) is 0 Å². The van der Waals surface area contributed by atoms with Gasteiger partial charge in [-0.2, -0.15) is 0 Å². The summed E-state index contributed by atoms with van der Waals surface area (Å²) in [5.41, 5.74) is 8.27. The van der Waals surface area contributed by atoms with Gasteiger partial charge in [0.1, 0.15) is 0 Å². The van der Waals surface area contributed by atoms with E-state index in [-0.39, 0.29) is 6.04 Å². The van der Waals surface area contributed by atoms with Crippen LogP contribution in [0.1, 0.15) is 17.2 Å². The fourth-order valence-electron chi connectivity index (χ4n) is 1.63. The molecule has 1 unspecified atom stereocenters. The molecule has 1 nitrogen and oxygen atoms in total. The third-order valence-corrected chi connectivity index (χ3v) is 3.95. The molecule has 2 aromatic carbocycles. The monoisotopic (exact) mass is 373 g/mol. The van der Waals surface area contributed by atoms with Crippen LogP contribution in [0, 0.1) is 0 Å². The Morgan fingerprint density at radius 3 is 2.53 bits per heavy atom. The van der Waals surface area contributed by atoms with Crippen LogP contribution < -0.4 is 5.73 Å². The van der Waals surface area contributed by atoms with Crippen LogP contribution in [0.25, 0.3) is 0 Å². The number of halogens is 3. The number of rotatable bonds is 2. The second-order valence-electron chi connectivity index (χ2n) is 3.70. The van der Waals surface area contributed by atoms with Gasteiger partial charge in [0, 0.05) is 14.0 Å². The molecule has 0 aliphatic carbocycles. The third kappa shape index (κ3) is 3.10. The number of nitrogens with two attached hydrogens (primary N) is 1. The second-order valence-corrected chi connectivity index (χ2v) is 5.90. The minimum Gasteiger partial charge on any atom is -0.320 e. The summed E-state index contributed by atoms with van der Waals surface area (Å²) in [6.07, 6.45) is 0. The molecule has 0 aromatic heterocycles. The van der Waals surface area contributed by atoms with E-state index in [1.165, 1.54) is 0 Å². The van der Waals surface area contributed by atoms with Crippen LogP contribution in [0.3, 0.4) is 0 Å². The van der Waals surface area contributed by atoms with Crippen molar-refractivity contribution < 1.29 is 0 Å². The van der Waals surface area contributed by atoms with Crippen molar-refractivity contribution in [2.45, 2.75) is 6.04 Å². The first-order chi connectivity index (χ1) is 8.08. The summed E-state index contributed by atoms with van der Waals surface area (Å²) < 4.78 is 2.00. The molecule has 4 heteroatoms. The third-order valence-electron chi connectivity index (χ3n) is 2.50. The molecule has 0 aliphatic rings. The van der Waals surface area contributed by atoms with Crippen LogP contribution in [-0.4, -0.2) is 0 Å². The standard InChI is InChI=1S/C13H10Br2ClN/c14-9-4-5-12(15)11(7-9)13(17)8-2-1-3-10(16)6-8/h1-7,13H,17H2. The van der Waals surface area contributed by atoms with Gasteiger partial charge in [0.2, 0.25) is 0 Å². The van der Waals surface area contributed by atoms with E-state index < -0.39 is 0 Å². The molecule has 0 spiro atoms. The molecule has 0 bridgehead atoms. The van der Waals surface area contributed by atoms with E-state index in [0.717, 1.165) is 20.1 Å². The Balaban J connectivity index is 2.43. The van der Waals surface area contributed by atoms with E-state index in [1.807, 2.05) is 42.5 Å². The maximum atomic E-state index is 6.25. The van der Waals surface area contributed by atoms with Crippen LogP contribution in [0.15, 0.2) is 51.4 Å². The van der Waals surface area contributed by atoms with Crippen molar-refractivity contribution in [3.63, 3.8) is 0 Å². The number of hydrogen-bond donors (Lipinski definition) is 1. The van der Waals surface area contributed by atoms with E-state index in [1.54, 1.807) is 0 Å². The molecule has 0 aliphatic heterocycles. The van der Waals surface area contributed by atoms with Crippen LogP contribution >= 0.6 is 43.5 Å². The molecule has 2 rings (SSSR count). The van der Waals surface area contributed by atoms with Crippen LogP contribution in [0.5, 0.6) is 0 Å². The van der Waals surface area contributed by atoms with Crippen molar-refractivity contribution in [1.29, 1.82) is 0 Å². The predicted molar refractivity (Wildman–Crippen MR) is 79.3 cm³/mol. The summed E-state index contributed by atoms with van der Waals surface area (Å²) in [5, 5.41) is 0.698. The Labute approximate surface area is 122 Å². The highest BCUT2D eigenvalue weighted by Crippen LogP contribution is 2.30. The van der Waals surface area contributed by atoms with Gasteiger partial charge in [-0.15, -0.1) is 0 Å². The van der Waals surface area contributed by atoms with Gasteiger partial charge in [-0.3, -0.25) is 0 Å². The smallest absolute Gasteiger partial charge is 0.0563 e. The minimum atomic E-state index is -0.194. The molecule has 17 heavy (non-hydrogen) atoms. The fourth-order valence-corrected chi connectivity index (χ4v) is 2.70. The first kappa shape index (κ1) is 13.1. The predicted octanol–water partition coefficient (Wildman–Crippen LogP) is 4.91. The molecular weight excluding hydrogens is 365 g/mol. The first-order valence-corrected chi connectivity index (χ1v) is 7.00. The number of hydrogen-bond acceptors (Lipinski definition) is 1. The Kier molecular flexibility index (Phi) is 4.26. The molecule has 1 atom stereocenters. The van der Waals surface area contributed by atoms with Crippen LogP contribution in [0.4, 0.5) is 0 Å². The zero-order valence-corrected chi connectivity index (χ0v) is 12.8. The van der Waals surface area contributed by atoms with Crippen molar-refractivity contribution in [2.75, 3.05) is 0 Å². The van der Waals surface area contributed by atoms with Crippen molar-refractivity contribution in [2.24, 2.45) is 5.73 Å². The summed E-state index contributed by atoms with van der Waals surface area (Å²) in [5.74, 6) is 0. The molecule has 0 saturated carbocycles. The fraction of sp³-hybridized carbons (Fsp3) is 0.0769. The maximum Gasteiger partial charge on any atom is 0.0563 e. The zero-order chi connectivity index (χ0) is 12.4. The molecule has 0 radical (unpaired) electrons. The van der Waals surface area contributed by atoms with Crippen molar-refractivity contribution in [1.82, 2.24) is 0 Å². The summed E-state index contributed by atoms with van der Waals surface area (Å²) in [7, 11) is 0. The van der Waals surface area contributed by atoms with Crippen LogP contribution in [-0.2, 0) is 0 Å². The lowest BCUT2D eigenvalue weighted by Gasteiger charge is -2.15. The maximum absolute atomic E-state index is 6.25. The van der Waals surface area contributed by atoms with Gasteiger partial charge in [-0.1, -0.05) is 55.6 Å². The van der Waals surface area contributed by atoms with Gasteiger partial charge in [0.25, 0.3) is 0 Å². The van der Waals surface area contributed by atoms with Gasteiger partial charge >= 0.3 is 0 Å². The van der Waals surface area contributed by atoms with E-state index in [4.69, 9.17) is 17.3 Å². The second kappa shape index (κ2) is 5.53. The zero-order valence-electron chi connectivity index (χ0n) is 8.83. The van der Waals surface area contributed by atoms with Gasteiger partial charge in [0.05, 0.1) is 6.04 Å². The van der Waals surface area contributed by atoms with E-state index >= 15 is 0 Å². The van der Waals surface area contributed by atoms with Gasteiger partial charge in [-0.25, -0.2) is 0 Å². The Hall–Kier alpha value is -0.350. The Morgan fingerprint density at radius 2 is 1.82 bits per heavy atom. The average Bonchev–Trinajstić information content (AvgIpc) is 2.31. The Morgan fingerprint density at radius 1 is 1.06 bits per heavy atom. The average molecular weight is 375 g/mol. The normalized spacial score (nSPS) is 12.5. The van der Waals surface area contributed by atoms with Crippen molar-refractivity contribution in [3.05, 3.63) is 67.6 Å². The molecular formula is C13H10Br2ClN. The topological polar surface area (TPSA) is 26.0 Å². The molecule has 88 valence electrons. The summed E-state index contributed by atoms with van der Waals surface area (Å²) in [6.45, 7) is 0. The van der Waals surface area contributed by atoms with Crippen LogP contribution in [0.2, 0.25) is 5.02 Å². The van der Waals surface area contributed by atoms with Crippen molar-refractivity contribution in [3.8, 4) is 0 Å². The highest BCUT2D eigenvalue weighted by atomic mass is 79.9. The van der Waals surface area contributed by atoms with E-state index in [0.29, 0.717) is 5.02 Å². The van der Waals surface area contributed by atoms with Gasteiger partial charge in [-0.05, 0) is 41.5 Å². The molecule has 0 heterocycles. The van der Waals surface area contributed by atoms with Gasteiger partial charge in [0.15, 0.2) is 0 Å². The lowest BCUT2D eigenvalue weighted by atomic mass is 10.00. The SMILES string of the molecule is NC(c1cccc(Cl)c1)c1cc(Br)ccc1Br. The lowest BCUT2D eigenvalue weighted by Crippen LogP contribution is -2.12. The highest BCUT2D eigenvalue weighted by Gasteiger charge is 2.12. The Bertz CT molecular complexity index is 543. The molecule has 2 aromatic rings. The molecule has 0 saturated heterocycles. The lowest BCUT2D eigenvalue weighted by molar-refractivity contribution is 0.865.